The summed E-state index contributed by atoms with van der Waals surface area (Å²) in [5, 5.41) is 2.88. The van der Waals surface area contributed by atoms with E-state index in [0.29, 0.717) is 44.2 Å². The highest BCUT2D eigenvalue weighted by atomic mass is 19.4. The number of rotatable bonds is 5. The van der Waals surface area contributed by atoms with Crippen molar-refractivity contribution < 1.29 is 22.7 Å². The smallest absolute Gasteiger partial charge is 0.449 e. The van der Waals surface area contributed by atoms with Crippen LogP contribution in [-0.4, -0.2) is 70.2 Å². The fourth-order valence-electron chi connectivity index (χ4n) is 3.92. The zero-order chi connectivity index (χ0) is 23.6. The minimum absolute atomic E-state index is 0.106. The van der Waals surface area contributed by atoms with Crippen LogP contribution in [0.3, 0.4) is 0 Å². The van der Waals surface area contributed by atoms with E-state index in [9.17, 15) is 18.0 Å². The summed E-state index contributed by atoms with van der Waals surface area (Å²) >= 11 is 0. The molecule has 1 N–H and O–H groups in total. The molecule has 1 saturated heterocycles. The summed E-state index contributed by atoms with van der Waals surface area (Å²) < 4.78 is 46.8. The molecule has 1 fully saturated rings. The number of carbonyl (C=O) groups is 1. The zero-order valence-corrected chi connectivity index (χ0v) is 18.4. The number of imidazole rings is 1. The van der Waals surface area contributed by atoms with Gasteiger partial charge in [-0.15, -0.1) is 0 Å². The molecule has 11 heteroatoms. The van der Waals surface area contributed by atoms with Crippen LogP contribution in [-0.2, 0) is 12.7 Å². The lowest BCUT2D eigenvalue weighted by Crippen LogP contribution is -2.50. The van der Waals surface area contributed by atoms with Gasteiger partial charge >= 0.3 is 12.2 Å². The number of ether oxygens (including phenoxy) is 1. The van der Waals surface area contributed by atoms with Crippen molar-refractivity contribution in [1.29, 1.82) is 0 Å². The minimum atomic E-state index is -4.56. The third-order valence-electron chi connectivity index (χ3n) is 5.65. The average molecular weight is 462 g/mol. The monoisotopic (exact) mass is 462 g/mol. The summed E-state index contributed by atoms with van der Waals surface area (Å²) in [5.41, 5.74) is 2.03. The highest BCUT2D eigenvalue weighted by molar-refractivity contribution is 5.91. The van der Waals surface area contributed by atoms with Crippen molar-refractivity contribution in [3.05, 3.63) is 47.9 Å². The van der Waals surface area contributed by atoms with Crippen LogP contribution in [0.5, 0.6) is 5.75 Å². The SMILES string of the molecule is COc1ccc(C)cc1NC(=O)N1CCN(CCn2c(C(F)(F)F)nc3cccnc32)CC1. The lowest BCUT2D eigenvalue weighted by Gasteiger charge is -2.34. The predicted octanol–water partition coefficient (Wildman–Crippen LogP) is 3.62. The molecule has 3 aromatic rings. The van der Waals surface area contributed by atoms with E-state index < -0.39 is 12.0 Å². The fraction of sp³-hybridized carbons (Fsp3) is 0.409. The predicted molar refractivity (Wildman–Crippen MR) is 117 cm³/mol. The molecule has 0 bridgehead atoms. The first kappa shape index (κ1) is 22.8. The number of aromatic nitrogens is 3. The maximum Gasteiger partial charge on any atom is 0.449 e. The normalized spacial score (nSPS) is 15.1. The first-order valence-corrected chi connectivity index (χ1v) is 10.6. The molecule has 4 rings (SSSR count). The number of fused-ring (bicyclic) bond motifs is 1. The maximum absolute atomic E-state index is 13.5. The van der Waals surface area contributed by atoms with Gasteiger partial charge in [-0.25, -0.2) is 14.8 Å². The molecule has 8 nitrogen and oxygen atoms in total. The maximum atomic E-state index is 13.5. The van der Waals surface area contributed by atoms with Crippen molar-refractivity contribution in [3.8, 4) is 5.75 Å². The summed E-state index contributed by atoms with van der Waals surface area (Å²) in [5.74, 6) is -0.365. The van der Waals surface area contributed by atoms with Crippen LogP contribution < -0.4 is 10.1 Å². The molecule has 0 atom stereocenters. The number of carbonyl (C=O) groups excluding carboxylic acids is 1. The van der Waals surface area contributed by atoms with Gasteiger partial charge < -0.3 is 19.5 Å². The molecule has 176 valence electrons. The van der Waals surface area contributed by atoms with Crippen LogP contribution in [0.4, 0.5) is 23.7 Å². The number of amides is 2. The summed E-state index contributed by atoms with van der Waals surface area (Å²) in [6.45, 7) is 4.47. The lowest BCUT2D eigenvalue weighted by molar-refractivity contribution is -0.147. The third kappa shape index (κ3) is 5.03. The number of nitrogens with zero attached hydrogens (tertiary/aromatic N) is 5. The summed E-state index contributed by atoms with van der Waals surface area (Å²) in [6.07, 6.45) is -3.10. The molecule has 3 heterocycles. The van der Waals surface area contributed by atoms with E-state index in [1.54, 1.807) is 24.1 Å². The Morgan fingerprint density at radius 2 is 1.91 bits per heavy atom. The van der Waals surface area contributed by atoms with Gasteiger partial charge in [-0.05, 0) is 36.8 Å². The number of alkyl halides is 3. The number of aryl methyl sites for hydroxylation is 1. The Bertz CT molecular complexity index is 1140. The lowest BCUT2D eigenvalue weighted by atomic mass is 10.2. The molecule has 1 aliphatic rings. The van der Waals surface area contributed by atoms with Gasteiger partial charge in [-0.1, -0.05) is 6.07 Å². The van der Waals surface area contributed by atoms with E-state index in [1.807, 2.05) is 24.0 Å². The molecule has 2 amide bonds. The number of piperazine rings is 1. The largest absolute Gasteiger partial charge is 0.495 e. The van der Waals surface area contributed by atoms with Crippen LogP contribution in [0, 0.1) is 6.92 Å². The van der Waals surface area contributed by atoms with Crippen molar-refractivity contribution in [1.82, 2.24) is 24.3 Å². The molecule has 2 aromatic heterocycles. The minimum Gasteiger partial charge on any atom is -0.495 e. The van der Waals surface area contributed by atoms with Gasteiger partial charge in [0.2, 0.25) is 5.82 Å². The van der Waals surface area contributed by atoms with Crippen molar-refractivity contribution in [2.45, 2.75) is 19.6 Å². The first-order chi connectivity index (χ1) is 15.8. The number of hydrogen-bond donors (Lipinski definition) is 1. The van der Waals surface area contributed by atoms with Gasteiger partial charge in [0.05, 0.1) is 12.8 Å². The fourth-order valence-corrected chi connectivity index (χ4v) is 3.92. The van der Waals surface area contributed by atoms with Crippen LogP contribution in [0.1, 0.15) is 11.4 Å². The topological polar surface area (TPSA) is 75.5 Å². The Kier molecular flexibility index (Phi) is 6.41. The first-order valence-electron chi connectivity index (χ1n) is 10.6. The highest BCUT2D eigenvalue weighted by Crippen LogP contribution is 2.31. The molecular weight excluding hydrogens is 437 g/mol. The Hall–Kier alpha value is -3.34. The number of hydrogen-bond acceptors (Lipinski definition) is 5. The summed E-state index contributed by atoms with van der Waals surface area (Å²) in [7, 11) is 1.54. The summed E-state index contributed by atoms with van der Waals surface area (Å²) in [6, 6.07) is 8.39. The van der Waals surface area contributed by atoms with Crippen molar-refractivity contribution in [3.63, 3.8) is 0 Å². The number of anilines is 1. The number of halogens is 3. The van der Waals surface area contributed by atoms with Gasteiger partial charge in [0.15, 0.2) is 5.65 Å². The van der Waals surface area contributed by atoms with Gasteiger partial charge in [0, 0.05) is 45.5 Å². The van der Waals surface area contributed by atoms with Crippen molar-refractivity contribution in [2.24, 2.45) is 0 Å². The second-order valence-corrected chi connectivity index (χ2v) is 7.89. The Morgan fingerprint density at radius 1 is 1.15 bits per heavy atom. The van der Waals surface area contributed by atoms with Gasteiger partial charge in [0.1, 0.15) is 11.3 Å². The average Bonchev–Trinajstić information content (AvgIpc) is 3.17. The van der Waals surface area contributed by atoms with Crippen LogP contribution in [0.25, 0.3) is 11.2 Å². The van der Waals surface area contributed by atoms with Gasteiger partial charge in [0.25, 0.3) is 0 Å². The molecule has 0 saturated carbocycles. The third-order valence-corrected chi connectivity index (χ3v) is 5.65. The van der Waals surface area contributed by atoms with E-state index in [2.05, 4.69) is 15.3 Å². The molecule has 1 aliphatic heterocycles. The second-order valence-electron chi connectivity index (χ2n) is 7.89. The van der Waals surface area contributed by atoms with Crippen LogP contribution in [0.15, 0.2) is 36.5 Å². The van der Waals surface area contributed by atoms with Crippen molar-refractivity contribution >= 4 is 22.9 Å². The molecule has 1 aromatic carbocycles. The van der Waals surface area contributed by atoms with E-state index in [-0.39, 0.29) is 23.7 Å². The van der Waals surface area contributed by atoms with Crippen LogP contribution in [0.2, 0.25) is 0 Å². The summed E-state index contributed by atoms with van der Waals surface area (Å²) in [4.78, 5) is 24.2. The molecule has 33 heavy (non-hydrogen) atoms. The van der Waals surface area contributed by atoms with E-state index in [4.69, 9.17) is 4.74 Å². The van der Waals surface area contributed by atoms with Gasteiger partial charge in [-0.2, -0.15) is 13.2 Å². The van der Waals surface area contributed by atoms with Gasteiger partial charge in [-0.3, -0.25) is 4.90 Å². The van der Waals surface area contributed by atoms with E-state index >= 15 is 0 Å². The molecular formula is C22H25F3N6O2. The number of pyridine rings is 1. The van der Waals surface area contributed by atoms with Crippen LogP contribution >= 0.6 is 0 Å². The highest BCUT2D eigenvalue weighted by Gasteiger charge is 2.38. The molecule has 0 unspecified atom stereocenters. The number of nitrogens with one attached hydrogen (secondary N) is 1. The second kappa shape index (κ2) is 9.26. The number of methoxy groups -OCH3 is 1. The molecule has 0 radical (unpaired) electrons. The van der Waals surface area contributed by atoms with E-state index in [0.717, 1.165) is 10.1 Å². The van der Waals surface area contributed by atoms with Crippen molar-refractivity contribution in [2.75, 3.05) is 45.2 Å². The zero-order valence-electron chi connectivity index (χ0n) is 18.4. The Balaban J connectivity index is 1.36. The molecule has 0 aliphatic carbocycles. The Labute approximate surface area is 189 Å². The quantitative estimate of drug-likeness (QED) is 0.627. The Morgan fingerprint density at radius 3 is 2.61 bits per heavy atom. The standard InChI is InChI=1S/C22H25F3N6O2/c1-15-5-6-18(33-2)17(14-15)28-21(32)30-11-8-29(9-12-30)10-13-31-19-16(4-3-7-26-19)27-20(31)22(23,24)25/h3-7,14H,8-13H2,1-2H3,(H,28,32). The van der Waals surface area contributed by atoms with E-state index in [1.165, 1.54) is 12.3 Å². The molecule has 0 spiro atoms. The number of urea groups is 1. The number of benzene rings is 1.